The van der Waals surface area contributed by atoms with Gasteiger partial charge >= 0.3 is 0 Å². The lowest BCUT2D eigenvalue weighted by Gasteiger charge is -2.05. The van der Waals surface area contributed by atoms with E-state index >= 15 is 0 Å². The Hall–Kier alpha value is -3.07. The van der Waals surface area contributed by atoms with Gasteiger partial charge in [-0.15, -0.1) is 0 Å². The highest BCUT2D eigenvalue weighted by Crippen LogP contribution is 2.35. The number of nitrogen functional groups attached to an aromatic ring is 1. The highest BCUT2D eigenvalue weighted by atomic mass is 16.5. The van der Waals surface area contributed by atoms with Gasteiger partial charge in [-0.25, -0.2) is 4.98 Å². The molecule has 3 rings (SSSR count). The number of fused-ring (bicyclic) bond motifs is 1. The second-order valence-electron chi connectivity index (χ2n) is 4.37. The van der Waals surface area contributed by atoms with Crippen LogP contribution in [0, 0.1) is 11.3 Å². The number of hydrogen-bond acceptors (Lipinski definition) is 6. The van der Waals surface area contributed by atoms with E-state index < -0.39 is 0 Å². The van der Waals surface area contributed by atoms with Crippen molar-refractivity contribution < 1.29 is 9.15 Å². The van der Waals surface area contributed by atoms with Gasteiger partial charge < -0.3 is 14.9 Å². The van der Waals surface area contributed by atoms with Crippen LogP contribution in [0.4, 0.5) is 5.82 Å². The van der Waals surface area contributed by atoms with Crippen LogP contribution in [-0.2, 0) is 6.42 Å². The third-order valence-electron chi connectivity index (χ3n) is 2.94. The Morgan fingerprint density at radius 1 is 1.33 bits per heavy atom. The Kier molecular flexibility index (Phi) is 3.16. The van der Waals surface area contributed by atoms with Gasteiger partial charge in [0.1, 0.15) is 23.3 Å². The fraction of sp³-hybridized carbons (Fsp3) is 0.133. The zero-order valence-corrected chi connectivity index (χ0v) is 11.3. The van der Waals surface area contributed by atoms with Crippen LogP contribution in [0.2, 0.25) is 0 Å². The maximum absolute atomic E-state index is 9.17. The topological polar surface area (TPSA) is 98.0 Å². The van der Waals surface area contributed by atoms with E-state index in [9.17, 15) is 5.26 Å². The van der Waals surface area contributed by atoms with Gasteiger partial charge in [-0.3, -0.25) is 0 Å². The van der Waals surface area contributed by atoms with Crippen LogP contribution in [0.1, 0.15) is 18.5 Å². The number of hydrogen-bond donors (Lipinski definition) is 1. The Balaban J connectivity index is 2.09. The zero-order chi connectivity index (χ0) is 14.8. The molecular formula is C15H12N4O2. The smallest absolute Gasteiger partial charge is 0.247 e. The lowest BCUT2D eigenvalue weighted by molar-refractivity contribution is 0.447. The quantitative estimate of drug-likeness (QED) is 0.791. The fourth-order valence-electron chi connectivity index (χ4n) is 2.00. The maximum Gasteiger partial charge on any atom is 0.247 e. The number of nitrogens with zero attached hydrogens (tertiary/aromatic N) is 3. The van der Waals surface area contributed by atoms with E-state index in [4.69, 9.17) is 14.9 Å². The van der Waals surface area contributed by atoms with Gasteiger partial charge in [0.2, 0.25) is 11.6 Å². The number of rotatable bonds is 3. The molecule has 0 unspecified atom stereocenters. The summed E-state index contributed by atoms with van der Waals surface area (Å²) in [6, 6.07) is 10.8. The van der Waals surface area contributed by atoms with Gasteiger partial charge in [-0.2, -0.15) is 10.2 Å². The molecular weight excluding hydrogens is 268 g/mol. The molecule has 0 aliphatic carbocycles. The molecule has 0 aliphatic heterocycles. The summed E-state index contributed by atoms with van der Waals surface area (Å²) >= 11 is 0. The first-order valence-corrected chi connectivity index (χ1v) is 6.44. The molecule has 0 spiro atoms. The number of ether oxygens (including phenoxy) is 1. The molecule has 3 aromatic rings. The number of nitriles is 1. The number of furan rings is 1. The van der Waals surface area contributed by atoms with Crippen LogP contribution in [0.3, 0.4) is 0 Å². The average Bonchev–Trinajstić information content (AvgIpc) is 2.85. The van der Waals surface area contributed by atoms with Gasteiger partial charge in [0.05, 0.1) is 5.39 Å². The van der Waals surface area contributed by atoms with Gasteiger partial charge in [0.25, 0.3) is 0 Å². The molecule has 0 radical (unpaired) electrons. The zero-order valence-electron chi connectivity index (χ0n) is 11.3. The van der Waals surface area contributed by atoms with E-state index in [2.05, 4.69) is 9.97 Å². The van der Waals surface area contributed by atoms with Crippen LogP contribution in [0.15, 0.2) is 34.7 Å². The van der Waals surface area contributed by atoms with Crippen LogP contribution >= 0.6 is 0 Å². The van der Waals surface area contributed by atoms with E-state index in [1.54, 1.807) is 6.07 Å². The lowest BCUT2D eigenvalue weighted by atomic mass is 10.2. The molecule has 2 N–H and O–H groups in total. The minimum atomic E-state index is 0.103. The minimum Gasteiger partial charge on any atom is -0.442 e. The largest absolute Gasteiger partial charge is 0.442 e. The summed E-state index contributed by atoms with van der Waals surface area (Å²) in [7, 11) is 0. The first kappa shape index (κ1) is 12.9. The number of aryl methyl sites for hydroxylation is 1. The van der Waals surface area contributed by atoms with Crippen molar-refractivity contribution in [3.05, 3.63) is 41.9 Å². The Labute approximate surface area is 120 Å². The second-order valence-corrected chi connectivity index (χ2v) is 4.37. The Morgan fingerprint density at radius 3 is 2.90 bits per heavy atom. The van der Waals surface area contributed by atoms with E-state index in [1.807, 2.05) is 31.2 Å². The highest BCUT2D eigenvalue weighted by molar-refractivity contribution is 5.86. The average molecular weight is 280 g/mol. The Morgan fingerprint density at radius 2 is 2.14 bits per heavy atom. The molecule has 6 nitrogen and oxygen atoms in total. The normalized spacial score (nSPS) is 10.5. The van der Waals surface area contributed by atoms with E-state index in [-0.39, 0.29) is 5.76 Å². The molecule has 2 aromatic heterocycles. The van der Waals surface area contributed by atoms with Gasteiger partial charge in [0, 0.05) is 12.5 Å². The van der Waals surface area contributed by atoms with Crippen LogP contribution < -0.4 is 10.5 Å². The van der Waals surface area contributed by atoms with Gasteiger partial charge in [-0.05, 0) is 12.1 Å². The number of benzene rings is 1. The summed E-state index contributed by atoms with van der Waals surface area (Å²) in [4.78, 5) is 8.33. The molecule has 0 bridgehead atoms. The first-order chi connectivity index (χ1) is 10.2. The van der Waals surface area contributed by atoms with E-state index in [0.29, 0.717) is 40.7 Å². The maximum atomic E-state index is 9.17. The summed E-state index contributed by atoms with van der Waals surface area (Å²) in [5.41, 5.74) is 6.31. The minimum absolute atomic E-state index is 0.103. The molecule has 104 valence electrons. The molecule has 21 heavy (non-hydrogen) atoms. The van der Waals surface area contributed by atoms with Crippen molar-refractivity contribution in [2.45, 2.75) is 13.3 Å². The number of para-hydroxylation sites is 1. The van der Waals surface area contributed by atoms with Crippen molar-refractivity contribution >= 4 is 16.8 Å². The molecule has 0 saturated heterocycles. The van der Waals surface area contributed by atoms with Crippen LogP contribution in [0.25, 0.3) is 11.0 Å². The van der Waals surface area contributed by atoms with E-state index in [0.717, 1.165) is 0 Å². The SMILES string of the molecule is CCc1nc(N)cc(Oc2c(C#N)oc3ccccc23)n1. The van der Waals surface area contributed by atoms with Gasteiger partial charge in [-0.1, -0.05) is 19.1 Å². The van der Waals surface area contributed by atoms with Crippen molar-refractivity contribution in [3.8, 4) is 17.7 Å². The highest BCUT2D eigenvalue weighted by Gasteiger charge is 2.17. The molecule has 2 heterocycles. The second kappa shape index (κ2) is 5.13. The molecule has 0 saturated carbocycles. The molecule has 0 aliphatic rings. The van der Waals surface area contributed by atoms with Crippen molar-refractivity contribution in [1.29, 1.82) is 5.26 Å². The number of anilines is 1. The molecule has 0 atom stereocenters. The van der Waals surface area contributed by atoms with Crippen LogP contribution in [0.5, 0.6) is 11.6 Å². The fourth-order valence-corrected chi connectivity index (χ4v) is 2.00. The summed E-state index contributed by atoms with van der Waals surface area (Å²) in [5.74, 6) is 1.64. The third-order valence-corrected chi connectivity index (χ3v) is 2.94. The van der Waals surface area contributed by atoms with Crippen molar-refractivity contribution in [2.24, 2.45) is 0 Å². The standard InChI is InChI=1S/C15H12N4O2/c1-2-13-18-12(17)7-14(19-13)21-15-9-5-3-4-6-10(9)20-11(15)8-16/h3-7H,2H2,1H3,(H2,17,18,19). The summed E-state index contributed by atoms with van der Waals surface area (Å²) in [6.07, 6.45) is 0.638. The number of nitrogens with two attached hydrogens (primary N) is 1. The van der Waals surface area contributed by atoms with Crippen LogP contribution in [-0.4, -0.2) is 9.97 Å². The molecule has 0 amide bonds. The van der Waals surface area contributed by atoms with Crippen molar-refractivity contribution in [1.82, 2.24) is 9.97 Å². The molecule has 6 heteroatoms. The number of aromatic nitrogens is 2. The van der Waals surface area contributed by atoms with E-state index in [1.165, 1.54) is 6.07 Å². The third kappa shape index (κ3) is 2.37. The summed E-state index contributed by atoms with van der Waals surface area (Å²) in [6.45, 7) is 1.92. The molecule has 0 fully saturated rings. The Bertz CT molecular complexity index is 848. The first-order valence-electron chi connectivity index (χ1n) is 6.44. The summed E-state index contributed by atoms with van der Waals surface area (Å²) in [5, 5.41) is 9.88. The van der Waals surface area contributed by atoms with Gasteiger partial charge in [0.15, 0.2) is 5.75 Å². The van der Waals surface area contributed by atoms with Crippen molar-refractivity contribution in [2.75, 3.05) is 5.73 Å². The lowest BCUT2D eigenvalue weighted by Crippen LogP contribution is -2.00. The predicted octanol–water partition coefficient (Wildman–Crippen LogP) is 3.03. The summed E-state index contributed by atoms with van der Waals surface area (Å²) < 4.78 is 11.2. The van der Waals surface area contributed by atoms with Crippen molar-refractivity contribution in [3.63, 3.8) is 0 Å². The molecule has 1 aromatic carbocycles. The monoisotopic (exact) mass is 280 g/mol. The predicted molar refractivity (Wildman–Crippen MR) is 76.8 cm³/mol.